The highest BCUT2D eigenvalue weighted by Gasteiger charge is 2.17. The summed E-state index contributed by atoms with van der Waals surface area (Å²) in [6.07, 6.45) is 0. The first kappa shape index (κ1) is 13.3. The van der Waals surface area contributed by atoms with E-state index in [9.17, 15) is 4.79 Å². The van der Waals surface area contributed by atoms with Gasteiger partial charge < -0.3 is 9.73 Å². The summed E-state index contributed by atoms with van der Waals surface area (Å²) in [5, 5.41) is 10.4. The molecule has 0 spiro atoms. The van der Waals surface area contributed by atoms with Crippen molar-refractivity contribution in [2.45, 2.75) is 33.6 Å². The van der Waals surface area contributed by atoms with Crippen molar-refractivity contribution in [1.29, 1.82) is 0 Å². The van der Waals surface area contributed by atoms with E-state index in [-0.39, 0.29) is 17.7 Å². The molecule has 1 aromatic heterocycles. The third-order valence-electron chi connectivity index (χ3n) is 2.77. The monoisotopic (exact) mass is 259 g/mol. The van der Waals surface area contributed by atoms with E-state index in [1.807, 2.05) is 45.9 Å². The minimum Gasteiger partial charge on any atom is -0.417 e. The molecule has 1 heterocycles. The van der Waals surface area contributed by atoms with Crippen molar-refractivity contribution in [3.8, 4) is 0 Å². The van der Waals surface area contributed by atoms with Crippen molar-refractivity contribution < 1.29 is 9.21 Å². The van der Waals surface area contributed by atoms with E-state index in [0.717, 1.165) is 16.8 Å². The molecule has 1 N–H and O–H groups in total. The highest BCUT2D eigenvalue weighted by molar-refractivity contribution is 6.01. The number of carbonyl (C=O) groups excluding carboxylic acids is 1. The fraction of sp³-hybridized carbons (Fsp3) is 0.357. The first-order valence-corrected chi connectivity index (χ1v) is 6.19. The number of nitrogens with one attached hydrogen (secondary N) is 1. The molecule has 0 aliphatic carbocycles. The number of amides is 1. The summed E-state index contributed by atoms with van der Waals surface area (Å²) in [6, 6.07) is 5.86. The lowest BCUT2D eigenvalue weighted by atomic mass is 10.1. The Kier molecular flexibility index (Phi) is 3.64. The molecule has 0 saturated heterocycles. The molecule has 19 heavy (non-hydrogen) atoms. The van der Waals surface area contributed by atoms with Gasteiger partial charge in [0.05, 0.1) is 0 Å². The molecule has 2 aromatic rings. The smallest absolute Gasteiger partial charge is 0.313 e. The molecule has 5 heteroatoms. The van der Waals surface area contributed by atoms with Crippen molar-refractivity contribution in [3.63, 3.8) is 0 Å². The van der Waals surface area contributed by atoms with Gasteiger partial charge in [-0.25, -0.2) is 0 Å². The summed E-state index contributed by atoms with van der Waals surface area (Å²) in [5.74, 6) is 0.179. The molecule has 1 aromatic carbocycles. The normalized spacial score (nSPS) is 10.8. The van der Waals surface area contributed by atoms with Gasteiger partial charge in [-0.3, -0.25) is 4.79 Å². The van der Waals surface area contributed by atoms with Crippen LogP contribution in [0.3, 0.4) is 0 Å². The zero-order valence-electron chi connectivity index (χ0n) is 11.5. The van der Waals surface area contributed by atoms with Gasteiger partial charge in [0.1, 0.15) is 0 Å². The molecule has 0 radical (unpaired) electrons. The highest BCUT2D eigenvalue weighted by atomic mass is 16.4. The third kappa shape index (κ3) is 2.99. The largest absolute Gasteiger partial charge is 0.417 e. The van der Waals surface area contributed by atoms with Crippen LogP contribution in [0.15, 0.2) is 22.6 Å². The summed E-state index contributed by atoms with van der Waals surface area (Å²) in [5.41, 5.74) is 2.83. The molecule has 0 saturated carbocycles. The summed E-state index contributed by atoms with van der Waals surface area (Å²) in [4.78, 5) is 12.0. The van der Waals surface area contributed by atoms with E-state index in [2.05, 4.69) is 15.5 Å². The van der Waals surface area contributed by atoms with Crippen LogP contribution in [0.4, 0.5) is 5.69 Å². The molecular weight excluding hydrogens is 242 g/mol. The van der Waals surface area contributed by atoms with Gasteiger partial charge in [-0.1, -0.05) is 26.0 Å². The second-order valence-corrected chi connectivity index (χ2v) is 4.87. The third-order valence-corrected chi connectivity index (χ3v) is 2.77. The Morgan fingerprint density at radius 3 is 2.63 bits per heavy atom. The van der Waals surface area contributed by atoms with Crippen LogP contribution in [0.2, 0.25) is 0 Å². The van der Waals surface area contributed by atoms with Gasteiger partial charge in [0, 0.05) is 11.6 Å². The van der Waals surface area contributed by atoms with Crippen molar-refractivity contribution in [2.24, 2.45) is 0 Å². The maximum atomic E-state index is 12.0. The maximum Gasteiger partial charge on any atom is 0.313 e. The Labute approximate surface area is 112 Å². The van der Waals surface area contributed by atoms with Crippen LogP contribution in [0, 0.1) is 13.8 Å². The van der Waals surface area contributed by atoms with Gasteiger partial charge in [-0.05, 0) is 31.0 Å². The number of anilines is 1. The molecular formula is C14H17N3O2. The van der Waals surface area contributed by atoms with Gasteiger partial charge in [-0.2, -0.15) is 0 Å². The van der Waals surface area contributed by atoms with Gasteiger partial charge >= 0.3 is 11.8 Å². The number of benzene rings is 1. The Bertz CT molecular complexity index is 602. The lowest BCUT2D eigenvalue weighted by Gasteiger charge is -2.07. The van der Waals surface area contributed by atoms with E-state index in [1.54, 1.807) is 0 Å². The van der Waals surface area contributed by atoms with E-state index in [0.29, 0.717) is 5.89 Å². The van der Waals surface area contributed by atoms with Crippen LogP contribution in [-0.2, 0) is 0 Å². The summed E-state index contributed by atoms with van der Waals surface area (Å²) >= 11 is 0. The van der Waals surface area contributed by atoms with Crippen molar-refractivity contribution in [1.82, 2.24) is 10.2 Å². The molecule has 0 aliphatic rings. The van der Waals surface area contributed by atoms with E-state index >= 15 is 0 Å². The molecule has 2 rings (SSSR count). The second kappa shape index (κ2) is 5.22. The van der Waals surface area contributed by atoms with E-state index < -0.39 is 0 Å². The fourth-order valence-corrected chi connectivity index (χ4v) is 1.61. The van der Waals surface area contributed by atoms with Gasteiger partial charge in [0.2, 0.25) is 5.89 Å². The number of carbonyl (C=O) groups is 1. The Balaban J connectivity index is 2.18. The fourth-order valence-electron chi connectivity index (χ4n) is 1.61. The summed E-state index contributed by atoms with van der Waals surface area (Å²) < 4.78 is 5.31. The minimum absolute atomic E-state index is 0.00962. The average molecular weight is 259 g/mol. The second-order valence-electron chi connectivity index (χ2n) is 4.87. The van der Waals surface area contributed by atoms with Crippen LogP contribution < -0.4 is 5.32 Å². The number of aromatic nitrogens is 2. The minimum atomic E-state index is -0.381. The molecule has 5 nitrogen and oxygen atoms in total. The highest BCUT2D eigenvalue weighted by Crippen LogP contribution is 2.18. The van der Waals surface area contributed by atoms with E-state index in [1.165, 1.54) is 0 Å². The zero-order valence-corrected chi connectivity index (χ0v) is 11.5. The number of hydrogen-bond acceptors (Lipinski definition) is 4. The van der Waals surface area contributed by atoms with Crippen LogP contribution in [-0.4, -0.2) is 16.1 Å². The van der Waals surface area contributed by atoms with Gasteiger partial charge in [-0.15, -0.1) is 10.2 Å². The SMILES string of the molecule is Cc1ccc(C)c(NC(=O)c2nnc(C(C)C)o2)c1. The van der Waals surface area contributed by atoms with Crippen molar-refractivity contribution in [2.75, 3.05) is 5.32 Å². The Morgan fingerprint density at radius 2 is 2.00 bits per heavy atom. The molecule has 0 atom stereocenters. The van der Waals surface area contributed by atoms with Crippen LogP contribution in [0.5, 0.6) is 0 Å². The lowest BCUT2D eigenvalue weighted by Crippen LogP contribution is -2.13. The van der Waals surface area contributed by atoms with Gasteiger partial charge in [0.15, 0.2) is 0 Å². The summed E-state index contributed by atoms with van der Waals surface area (Å²) in [7, 11) is 0. The number of rotatable bonds is 3. The summed E-state index contributed by atoms with van der Waals surface area (Å²) in [6.45, 7) is 7.76. The Hall–Kier alpha value is -2.17. The maximum absolute atomic E-state index is 12.0. The average Bonchev–Trinajstić information content (AvgIpc) is 2.83. The number of aryl methyl sites for hydroxylation is 2. The molecule has 0 aliphatic heterocycles. The first-order valence-electron chi connectivity index (χ1n) is 6.19. The molecule has 0 bridgehead atoms. The Morgan fingerprint density at radius 1 is 1.26 bits per heavy atom. The number of nitrogens with zero attached hydrogens (tertiary/aromatic N) is 2. The van der Waals surface area contributed by atoms with Crippen LogP contribution >= 0.6 is 0 Å². The molecule has 100 valence electrons. The number of hydrogen-bond donors (Lipinski definition) is 1. The molecule has 0 fully saturated rings. The van der Waals surface area contributed by atoms with Crippen LogP contribution in [0.25, 0.3) is 0 Å². The predicted octanol–water partition coefficient (Wildman–Crippen LogP) is 3.06. The van der Waals surface area contributed by atoms with E-state index in [4.69, 9.17) is 4.42 Å². The quantitative estimate of drug-likeness (QED) is 0.919. The van der Waals surface area contributed by atoms with Gasteiger partial charge in [0.25, 0.3) is 0 Å². The zero-order chi connectivity index (χ0) is 14.0. The van der Waals surface area contributed by atoms with Crippen molar-refractivity contribution >= 4 is 11.6 Å². The topological polar surface area (TPSA) is 68.0 Å². The molecule has 0 unspecified atom stereocenters. The lowest BCUT2D eigenvalue weighted by molar-refractivity contribution is 0.0988. The first-order chi connectivity index (χ1) is 8.97. The van der Waals surface area contributed by atoms with Crippen LogP contribution in [0.1, 0.15) is 47.5 Å². The van der Waals surface area contributed by atoms with Crippen molar-refractivity contribution in [3.05, 3.63) is 41.1 Å². The standard InChI is InChI=1S/C14H17N3O2/c1-8(2)13-16-17-14(19-13)12(18)15-11-7-9(3)5-6-10(11)4/h5-8H,1-4H3,(H,15,18). The molecule has 1 amide bonds. The predicted molar refractivity (Wildman–Crippen MR) is 72.3 cm³/mol.